The average molecular weight is 212 g/mol. The summed E-state index contributed by atoms with van der Waals surface area (Å²) in [4.78, 5) is 7.55. The number of nitrogens with zero attached hydrogens (tertiary/aromatic N) is 1. The molecule has 1 N–H and O–H groups in total. The summed E-state index contributed by atoms with van der Waals surface area (Å²) in [5.74, 6) is 1.30. The van der Waals surface area contributed by atoms with E-state index in [-0.39, 0.29) is 0 Å². The second-order valence-electron chi connectivity index (χ2n) is 3.22. The number of ether oxygens (including phenoxy) is 1. The van der Waals surface area contributed by atoms with E-state index in [4.69, 9.17) is 4.74 Å². The smallest absolute Gasteiger partial charge is 0.131 e. The predicted octanol–water partition coefficient (Wildman–Crippen LogP) is 3.25. The lowest BCUT2D eigenvalue weighted by molar-refractivity contribution is 0.373. The lowest BCUT2D eigenvalue weighted by Gasteiger charge is -1.94. The van der Waals surface area contributed by atoms with Crippen LogP contribution < -0.4 is 0 Å². The molecule has 0 atom stereocenters. The Morgan fingerprint density at radius 3 is 2.94 bits per heavy atom. The molecule has 1 aromatic carbocycles. The van der Waals surface area contributed by atoms with Crippen LogP contribution >= 0.6 is 0 Å². The van der Waals surface area contributed by atoms with Crippen LogP contribution in [0.4, 0.5) is 0 Å². The number of nitrogens with one attached hydrogen (secondary N) is 1. The Labute approximate surface area is 93.8 Å². The van der Waals surface area contributed by atoms with E-state index in [1.54, 1.807) is 6.08 Å². The largest absolute Gasteiger partial charge is 0.466 e. The van der Waals surface area contributed by atoms with Gasteiger partial charge in [-0.3, -0.25) is 0 Å². The molecule has 80 valence electrons. The maximum Gasteiger partial charge on any atom is 0.131 e. The topological polar surface area (TPSA) is 37.9 Å². The third-order valence-corrected chi connectivity index (χ3v) is 2.07. The van der Waals surface area contributed by atoms with Gasteiger partial charge >= 0.3 is 0 Å². The molecule has 3 nitrogen and oxygen atoms in total. The zero-order valence-electron chi connectivity index (χ0n) is 8.81. The van der Waals surface area contributed by atoms with Crippen LogP contribution in [0, 0.1) is 0 Å². The average Bonchev–Trinajstić information content (AvgIpc) is 2.69. The molecule has 16 heavy (non-hydrogen) atoms. The van der Waals surface area contributed by atoms with Crippen molar-refractivity contribution in [3.05, 3.63) is 61.3 Å². The monoisotopic (exact) mass is 212 g/mol. The van der Waals surface area contributed by atoms with Crippen molar-refractivity contribution in [1.82, 2.24) is 9.97 Å². The van der Waals surface area contributed by atoms with Gasteiger partial charge in [0.1, 0.15) is 11.6 Å². The molecule has 0 aliphatic heterocycles. The molecule has 2 aromatic rings. The lowest BCUT2D eigenvalue weighted by Crippen LogP contribution is -1.78. The summed E-state index contributed by atoms with van der Waals surface area (Å²) in [7, 11) is 0. The quantitative estimate of drug-likeness (QED) is 0.624. The first-order chi connectivity index (χ1) is 7.79. The van der Waals surface area contributed by atoms with E-state index in [0.29, 0.717) is 5.76 Å². The first-order valence-corrected chi connectivity index (χ1v) is 4.89. The highest BCUT2D eigenvalue weighted by Crippen LogP contribution is 2.11. The summed E-state index contributed by atoms with van der Waals surface area (Å²) in [6, 6.07) is 7.86. The summed E-state index contributed by atoms with van der Waals surface area (Å²) < 4.78 is 4.98. The zero-order chi connectivity index (χ0) is 11.4. The Balaban J connectivity index is 2.21. The van der Waals surface area contributed by atoms with Gasteiger partial charge in [0, 0.05) is 0 Å². The Bertz CT molecular complexity index is 519. The maximum absolute atomic E-state index is 4.98. The summed E-state index contributed by atoms with van der Waals surface area (Å²) in [6.45, 7) is 7.14. The minimum Gasteiger partial charge on any atom is -0.466 e. The number of aromatic amines is 1. The Morgan fingerprint density at radius 1 is 1.38 bits per heavy atom. The van der Waals surface area contributed by atoms with Crippen molar-refractivity contribution < 1.29 is 4.74 Å². The number of rotatable bonds is 4. The first-order valence-electron chi connectivity index (χ1n) is 4.89. The summed E-state index contributed by atoms with van der Waals surface area (Å²) in [5.41, 5.74) is 1.95. The van der Waals surface area contributed by atoms with Gasteiger partial charge in [-0.25, -0.2) is 4.98 Å². The molecule has 1 heterocycles. The van der Waals surface area contributed by atoms with Crippen molar-refractivity contribution >= 4 is 17.1 Å². The fraction of sp³-hybridized carbons (Fsp3) is 0. The van der Waals surface area contributed by atoms with Crippen LogP contribution in [0.25, 0.3) is 17.1 Å². The van der Waals surface area contributed by atoms with E-state index in [0.717, 1.165) is 16.9 Å². The number of para-hydroxylation sites is 2. The van der Waals surface area contributed by atoms with Gasteiger partial charge in [0.2, 0.25) is 0 Å². The molecule has 1 aromatic heterocycles. The van der Waals surface area contributed by atoms with Crippen LogP contribution in [0.3, 0.4) is 0 Å². The van der Waals surface area contributed by atoms with Gasteiger partial charge in [-0.1, -0.05) is 25.3 Å². The lowest BCUT2D eigenvalue weighted by atomic mass is 10.3. The van der Waals surface area contributed by atoms with Gasteiger partial charge in [-0.05, 0) is 24.3 Å². The van der Waals surface area contributed by atoms with E-state index >= 15 is 0 Å². The highest BCUT2D eigenvalue weighted by Gasteiger charge is 1.97. The number of hydrogen-bond donors (Lipinski definition) is 1. The van der Waals surface area contributed by atoms with Crippen molar-refractivity contribution in [2.24, 2.45) is 0 Å². The molecule has 0 bridgehead atoms. The van der Waals surface area contributed by atoms with Crippen molar-refractivity contribution in [3.63, 3.8) is 0 Å². The minimum atomic E-state index is 0.524. The van der Waals surface area contributed by atoms with Gasteiger partial charge in [0.15, 0.2) is 0 Å². The summed E-state index contributed by atoms with van der Waals surface area (Å²) in [6.07, 6.45) is 4.89. The van der Waals surface area contributed by atoms with Gasteiger partial charge in [-0.2, -0.15) is 0 Å². The molecule has 0 amide bonds. The van der Waals surface area contributed by atoms with Crippen LogP contribution in [0.5, 0.6) is 0 Å². The number of aromatic nitrogens is 2. The van der Waals surface area contributed by atoms with Crippen LogP contribution in [-0.4, -0.2) is 9.97 Å². The Morgan fingerprint density at radius 2 is 2.19 bits per heavy atom. The normalized spacial score (nSPS) is 10.8. The van der Waals surface area contributed by atoms with Gasteiger partial charge in [-0.15, -0.1) is 0 Å². The summed E-state index contributed by atoms with van der Waals surface area (Å²) in [5, 5.41) is 0. The molecule has 0 saturated carbocycles. The highest BCUT2D eigenvalue weighted by molar-refractivity contribution is 5.76. The first kappa shape index (κ1) is 10.2. The predicted molar refractivity (Wildman–Crippen MR) is 65.5 cm³/mol. The molecule has 2 rings (SSSR count). The van der Waals surface area contributed by atoms with E-state index < -0.39 is 0 Å². The van der Waals surface area contributed by atoms with Crippen molar-refractivity contribution in [2.75, 3.05) is 0 Å². The standard InChI is InChI=1S/C13H12N2O/c1-3-16-10(2)8-9-13-14-11-6-4-5-7-12(11)15-13/h3-9H,1-2H2,(H,14,15)/b9-8+. The second kappa shape index (κ2) is 4.49. The number of allylic oxidation sites excluding steroid dienone is 1. The SMILES string of the molecule is C=COC(=C)/C=C/c1nc2ccccc2[nH]1. The van der Waals surface area contributed by atoms with Crippen LogP contribution in [0.2, 0.25) is 0 Å². The number of imidazole rings is 1. The number of hydrogen-bond acceptors (Lipinski definition) is 2. The van der Waals surface area contributed by atoms with Crippen LogP contribution in [0.1, 0.15) is 5.82 Å². The third-order valence-electron chi connectivity index (χ3n) is 2.07. The van der Waals surface area contributed by atoms with E-state index in [9.17, 15) is 0 Å². The molecule has 0 aliphatic carbocycles. The fourth-order valence-corrected chi connectivity index (χ4v) is 1.37. The van der Waals surface area contributed by atoms with Gasteiger partial charge in [0.05, 0.1) is 17.3 Å². The molecule has 0 saturated heterocycles. The number of fused-ring (bicyclic) bond motifs is 1. The van der Waals surface area contributed by atoms with Crippen molar-refractivity contribution in [1.29, 1.82) is 0 Å². The van der Waals surface area contributed by atoms with Gasteiger partial charge < -0.3 is 9.72 Å². The molecule has 0 radical (unpaired) electrons. The minimum absolute atomic E-state index is 0.524. The van der Waals surface area contributed by atoms with Crippen LogP contribution in [-0.2, 0) is 4.74 Å². The molecule has 0 spiro atoms. The van der Waals surface area contributed by atoms with Crippen LogP contribution in [0.15, 0.2) is 55.5 Å². The van der Waals surface area contributed by atoms with E-state index in [1.807, 2.05) is 30.3 Å². The summed E-state index contributed by atoms with van der Waals surface area (Å²) >= 11 is 0. The fourth-order valence-electron chi connectivity index (χ4n) is 1.37. The van der Waals surface area contributed by atoms with Crippen molar-refractivity contribution in [2.45, 2.75) is 0 Å². The van der Waals surface area contributed by atoms with Crippen molar-refractivity contribution in [3.8, 4) is 0 Å². The molecule has 0 unspecified atom stereocenters. The maximum atomic E-state index is 4.98. The third kappa shape index (κ3) is 2.20. The number of H-pyrrole nitrogens is 1. The van der Waals surface area contributed by atoms with Gasteiger partial charge in [0.25, 0.3) is 0 Å². The Kier molecular flexibility index (Phi) is 2.87. The van der Waals surface area contributed by atoms with E-state index in [2.05, 4.69) is 23.1 Å². The molecular weight excluding hydrogens is 200 g/mol. The number of benzene rings is 1. The molecule has 0 aliphatic rings. The molecule has 0 fully saturated rings. The highest BCUT2D eigenvalue weighted by atomic mass is 16.5. The molecule has 3 heteroatoms. The molecular formula is C13H12N2O. The Hall–Kier alpha value is -2.29. The zero-order valence-corrected chi connectivity index (χ0v) is 8.81. The second-order valence-corrected chi connectivity index (χ2v) is 3.22. The van der Waals surface area contributed by atoms with E-state index in [1.165, 1.54) is 6.26 Å².